The minimum Gasteiger partial charge on any atom is -0.304 e. The highest BCUT2D eigenvalue weighted by Crippen LogP contribution is 2.49. The van der Waals surface area contributed by atoms with Gasteiger partial charge >= 0.3 is 0 Å². The highest BCUT2D eigenvalue weighted by atomic mass is 35.5. The summed E-state index contributed by atoms with van der Waals surface area (Å²) in [4.78, 5) is -3.23. The molecule has 0 saturated heterocycles. The zero-order chi connectivity index (χ0) is 17.0. The van der Waals surface area contributed by atoms with Crippen LogP contribution in [0, 0.1) is 0 Å². The van der Waals surface area contributed by atoms with E-state index in [0.29, 0.717) is 11.1 Å². The first-order chi connectivity index (χ1) is 9.92. The first kappa shape index (κ1) is 19.3. The van der Waals surface area contributed by atoms with Crippen molar-refractivity contribution in [3.63, 3.8) is 0 Å². The molecule has 0 fully saturated rings. The average Bonchev–Trinajstić information content (AvgIpc) is 2.44. The van der Waals surface area contributed by atoms with Crippen molar-refractivity contribution in [1.82, 2.24) is 0 Å². The van der Waals surface area contributed by atoms with Gasteiger partial charge in [-0.05, 0) is 12.2 Å². The molecule has 2 aliphatic rings. The van der Waals surface area contributed by atoms with Crippen LogP contribution in [0.4, 0.5) is 0 Å². The molecule has 2 nitrogen and oxygen atoms in total. The first-order valence-electron chi connectivity index (χ1n) is 5.49. The molecule has 120 valence electrons. The van der Waals surface area contributed by atoms with Crippen molar-refractivity contribution in [2.75, 3.05) is 0 Å². The second kappa shape index (κ2) is 6.34. The van der Waals surface area contributed by atoms with Crippen LogP contribution in [-0.2, 0) is 0 Å². The van der Waals surface area contributed by atoms with E-state index in [-0.39, 0.29) is 30.2 Å². The Labute approximate surface area is 166 Å². The Balaban J connectivity index is 2.77. The molecule has 2 unspecified atom stereocenters. The number of alkyl halides is 2. The van der Waals surface area contributed by atoms with E-state index in [4.69, 9.17) is 104 Å². The standard InChI is InChI=1S/C12H6Cl8N2/c13-5-1-3(7(15)9(17)11(5,19)21)4-2-6(14)12(20,22)10(18)8(4)16/h1-2H,21-22H2/b4-3+. The lowest BCUT2D eigenvalue weighted by Gasteiger charge is -2.30. The molecule has 2 aliphatic carbocycles. The lowest BCUT2D eigenvalue weighted by molar-refractivity contribution is 0.868. The van der Waals surface area contributed by atoms with E-state index >= 15 is 0 Å². The van der Waals surface area contributed by atoms with Crippen LogP contribution in [0.3, 0.4) is 0 Å². The van der Waals surface area contributed by atoms with Gasteiger partial charge in [-0.3, -0.25) is 0 Å². The van der Waals surface area contributed by atoms with Gasteiger partial charge in [0.1, 0.15) is 0 Å². The van der Waals surface area contributed by atoms with Crippen molar-refractivity contribution in [3.05, 3.63) is 53.5 Å². The molecular formula is C12H6Cl8N2. The van der Waals surface area contributed by atoms with Crippen LogP contribution in [0.5, 0.6) is 0 Å². The molecular weight excluding hydrogens is 456 g/mol. The third-order valence-corrected chi connectivity index (χ3v) is 6.96. The number of nitrogens with two attached hydrogens (primary N) is 2. The molecule has 0 heterocycles. The summed E-state index contributed by atoms with van der Waals surface area (Å²) in [5.74, 6) is 0. The smallest absolute Gasteiger partial charge is 0.165 e. The number of rotatable bonds is 0. The second-order valence-electron chi connectivity index (χ2n) is 4.49. The Kier molecular flexibility index (Phi) is 5.56. The summed E-state index contributed by atoms with van der Waals surface area (Å²) in [6, 6.07) is 0. The lowest BCUT2D eigenvalue weighted by atomic mass is 9.95. The van der Waals surface area contributed by atoms with Crippen molar-refractivity contribution in [2.24, 2.45) is 11.5 Å². The van der Waals surface area contributed by atoms with E-state index in [1.165, 1.54) is 12.2 Å². The van der Waals surface area contributed by atoms with Crippen molar-refractivity contribution in [2.45, 2.75) is 10.00 Å². The third kappa shape index (κ3) is 2.97. The predicted octanol–water partition coefficient (Wildman–Crippen LogP) is 5.72. The van der Waals surface area contributed by atoms with E-state index in [2.05, 4.69) is 0 Å². The fourth-order valence-corrected chi connectivity index (χ4v) is 3.66. The van der Waals surface area contributed by atoms with Gasteiger partial charge in [-0.25, -0.2) is 0 Å². The average molecular weight is 462 g/mol. The van der Waals surface area contributed by atoms with Gasteiger partial charge < -0.3 is 11.5 Å². The third-order valence-electron chi connectivity index (χ3n) is 3.02. The maximum atomic E-state index is 6.21. The normalized spacial score (nSPS) is 36.6. The summed E-state index contributed by atoms with van der Waals surface area (Å²) in [6.45, 7) is 0. The van der Waals surface area contributed by atoms with E-state index in [0.717, 1.165) is 0 Å². The number of halogens is 8. The van der Waals surface area contributed by atoms with Crippen LogP contribution in [0.15, 0.2) is 53.5 Å². The predicted molar refractivity (Wildman–Crippen MR) is 97.9 cm³/mol. The topological polar surface area (TPSA) is 52.0 Å². The van der Waals surface area contributed by atoms with Crippen LogP contribution in [0.25, 0.3) is 0 Å². The summed E-state index contributed by atoms with van der Waals surface area (Å²) < 4.78 is 0. The zero-order valence-electron chi connectivity index (χ0n) is 10.3. The van der Waals surface area contributed by atoms with Crippen LogP contribution in [0.1, 0.15) is 0 Å². The Morgan fingerprint density at radius 2 is 0.909 bits per heavy atom. The summed E-state index contributed by atoms with van der Waals surface area (Å²) in [5.41, 5.74) is 12.3. The fourth-order valence-electron chi connectivity index (χ4n) is 1.75. The molecule has 0 aromatic rings. The first-order valence-corrected chi connectivity index (χ1v) is 8.52. The van der Waals surface area contributed by atoms with Crippen molar-refractivity contribution < 1.29 is 0 Å². The lowest BCUT2D eigenvalue weighted by Crippen LogP contribution is -2.37. The fraction of sp³-hybridized carbons (Fsp3) is 0.167. The van der Waals surface area contributed by atoms with Crippen LogP contribution in [0.2, 0.25) is 0 Å². The van der Waals surface area contributed by atoms with E-state index in [1.54, 1.807) is 0 Å². The van der Waals surface area contributed by atoms with Gasteiger partial charge in [0.2, 0.25) is 0 Å². The minimum atomic E-state index is -1.61. The molecule has 0 aliphatic heterocycles. The number of hydrogen-bond donors (Lipinski definition) is 2. The molecule has 22 heavy (non-hydrogen) atoms. The maximum Gasteiger partial charge on any atom is 0.165 e. The number of hydrogen-bond acceptors (Lipinski definition) is 2. The molecule has 4 N–H and O–H groups in total. The van der Waals surface area contributed by atoms with E-state index in [1.807, 2.05) is 0 Å². The molecule has 0 bridgehead atoms. The molecule has 0 aromatic carbocycles. The van der Waals surface area contributed by atoms with E-state index in [9.17, 15) is 0 Å². The molecule has 2 rings (SSSR count). The molecule has 0 saturated carbocycles. The highest BCUT2D eigenvalue weighted by molar-refractivity contribution is 6.52. The molecule has 0 radical (unpaired) electrons. The van der Waals surface area contributed by atoms with E-state index < -0.39 is 10.00 Å². The number of allylic oxidation sites excluding steroid dienone is 6. The van der Waals surface area contributed by atoms with Gasteiger partial charge in [0.15, 0.2) is 10.00 Å². The minimum absolute atomic E-state index is 0.0478. The largest absolute Gasteiger partial charge is 0.304 e. The Morgan fingerprint density at radius 1 is 0.636 bits per heavy atom. The second-order valence-corrected chi connectivity index (χ2v) is 8.01. The van der Waals surface area contributed by atoms with Gasteiger partial charge in [0.25, 0.3) is 0 Å². The quantitative estimate of drug-likeness (QED) is 0.358. The Bertz CT molecular complexity index is 649. The highest BCUT2D eigenvalue weighted by Gasteiger charge is 2.40. The van der Waals surface area contributed by atoms with Crippen molar-refractivity contribution in [1.29, 1.82) is 0 Å². The summed E-state index contributed by atoms with van der Waals surface area (Å²) in [6.07, 6.45) is 2.84. The van der Waals surface area contributed by atoms with Crippen LogP contribution < -0.4 is 11.5 Å². The van der Waals surface area contributed by atoms with Gasteiger partial charge in [-0.15, -0.1) is 0 Å². The van der Waals surface area contributed by atoms with Gasteiger partial charge in [0, 0.05) is 11.1 Å². The van der Waals surface area contributed by atoms with Gasteiger partial charge in [0.05, 0.1) is 30.2 Å². The Morgan fingerprint density at radius 3 is 1.18 bits per heavy atom. The summed E-state index contributed by atoms with van der Waals surface area (Å²) in [7, 11) is 0. The van der Waals surface area contributed by atoms with Gasteiger partial charge in [-0.1, -0.05) is 92.8 Å². The monoisotopic (exact) mass is 458 g/mol. The van der Waals surface area contributed by atoms with Crippen LogP contribution in [-0.4, -0.2) is 10.00 Å². The summed E-state index contributed by atoms with van der Waals surface area (Å²) in [5, 5.41) is 0.0815. The van der Waals surface area contributed by atoms with Crippen molar-refractivity contribution >= 4 is 92.8 Å². The maximum absolute atomic E-state index is 6.21. The summed E-state index contributed by atoms with van der Waals surface area (Å²) >= 11 is 48.8. The SMILES string of the molecule is NC1(Cl)C(Cl)=C/C(=C2/C=C(Cl)C(N)(Cl)C(Cl)=C2Cl)C(Cl)=C1Cl. The van der Waals surface area contributed by atoms with Crippen molar-refractivity contribution in [3.8, 4) is 0 Å². The zero-order valence-corrected chi connectivity index (χ0v) is 16.4. The molecule has 0 spiro atoms. The molecule has 2 atom stereocenters. The molecule has 10 heteroatoms. The molecule has 0 aromatic heterocycles. The molecule has 0 amide bonds. The van der Waals surface area contributed by atoms with Crippen LogP contribution >= 0.6 is 92.8 Å². The Hall–Kier alpha value is 0.940. The van der Waals surface area contributed by atoms with Gasteiger partial charge in [-0.2, -0.15) is 0 Å².